The second-order valence-corrected chi connectivity index (χ2v) is 5.07. The number of benzene rings is 1. The highest BCUT2D eigenvalue weighted by Gasteiger charge is 2.08. The van der Waals surface area contributed by atoms with Gasteiger partial charge in [-0.15, -0.1) is 0 Å². The van der Waals surface area contributed by atoms with E-state index >= 15 is 0 Å². The van der Waals surface area contributed by atoms with Crippen molar-refractivity contribution in [1.82, 2.24) is 9.78 Å². The highest BCUT2D eigenvalue weighted by Crippen LogP contribution is 2.17. The molecule has 1 aromatic carbocycles. The van der Waals surface area contributed by atoms with Gasteiger partial charge in [0.05, 0.1) is 22.9 Å². The van der Waals surface area contributed by atoms with Crippen molar-refractivity contribution in [2.24, 2.45) is 0 Å². The minimum atomic E-state index is 0.805. The molecule has 1 aromatic heterocycles. The summed E-state index contributed by atoms with van der Waals surface area (Å²) >= 11 is 2.34. The van der Waals surface area contributed by atoms with Crippen LogP contribution in [0.4, 0.5) is 0 Å². The van der Waals surface area contributed by atoms with E-state index in [1.165, 1.54) is 14.8 Å². The highest BCUT2D eigenvalue weighted by atomic mass is 127. The second-order valence-electron chi connectivity index (χ2n) is 3.99. The molecule has 0 unspecified atom stereocenters. The van der Waals surface area contributed by atoms with E-state index in [-0.39, 0.29) is 0 Å². The molecule has 0 aliphatic heterocycles. The van der Waals surface area contributed by atoms with Gasteiger partial charge in [-0.1, -0.05) is 12.1 Å². The molecule has 0 saturated carbocycles. The number of hydrogen-bond acceptors (Lipinski definition) is 2. The Morgan fingerprint density at radius 1 is 1.24 bits per heavy atom. The number of hydrogen-bond donors (Lipinski definition) is 0. The third kappa shape index (κ3) is 2.62. The first-order chi connectivity index (χ1) is 8.11. The van der Waals surface area contributed by atoms with Gasteiger partial charge in [0, 0.05) is 5.69 Å². The molecule has 0 N–H and O–H groups in total. The lowest BCUT2D eigenvalue weighted by Crippen LogP contribution is -2.04. The molecule has 0 radical (unpaired) electrons. The fourth-order valence-corrected chi connectivity index (χ4v) is 2.12. The van der Waals surface area contributed by atoms with Gasteiger partial charge in [-0.25, -0.2) is 0 Å². The van der Waals surface area contributed by atoms with Crippen LogP contribution in [-0.2, 0) is 6.54 Å². The Hall–Kier alpha value is -1.04. The molecular formula is C13H15IN2O. The largest absolute Gasteiger partial charge is 0.497 e. The van der Waals surface area contributed by atoms with Crippen molar-refractivity contribution in [1.29, 1.82) is 0 Å². The summed E-state index contributed by atoms with van der Waals surface area (Å²) in [5.41, 5.74) is 3.54. The zero-order valence-corrected chi connectivity index (χ0v) is 12.4. The van der Waals surface area contributed by atoms with Crippen molar-refractivity contribution in [2.45, 2.75) is 20.4 Å². The Morgan fingerprint density at radius 3 is 2.35 bits per heavy atom. The van der Waals surface area contributed by atoms with E-state index in [0.29, 0.717) is 0 Å². The van der Waals surface area contributed by atoms with Gasteiger partial charge >= 0.3 is 0 Å². The fourth-order valence-electron chi connectivity index (χ4n) is 1.73. The summed E-state index contributed by atoms with van der Waals surface area (Å²) in [5, 5.41) is 4.53. The van der Waals surface area contributed by atoms with Gasteiger partial charge in [0.15, 0.2) is 0 Å². The topological polar surface area (TPSA) is 27.1 Å². The monoisotopic (exact) mass is 342 g/mol. The minimum Gasteiger partial charge on any atom is -0.497 e. The molecule has 90 valence electrons. The zero-order valence-electron chi connectivity index (χ0n) is 10.2. The Bertz CT molecular complexity index is 517. The maximum atomic E-state index is 5.14. The molecule has 2 aromatic rings. The van der Waals surface area contributed by atoms with Crippen molar-refractivity contribution in [3.05, 3.63) is 44.8 Å². The smallest absolute Gasteiger partial charge is 0.118 e. The van der Waals surface area contributed by atoms with Crippen LogP contribution in [-0.4, -0.2) is 16.9 Å². The van der Waals surface area contributed by atoms with Crippen LogP contribution in [0.1, 0.15) is 17.0 Å². The summed E-state index contributed by atoms with van der Waals surface area (Å²) in [6, 6.07) is 8.10. The van der Waals surface area contributed by atoms with Crippen LogP contribution >= 0.6 is 22.6 Å². The van der Waals surface area contributed by atoms with Gasteiger partial charge in [-0.2, -0.15) is 5.10 Å². The molecule has 0 bridgehead atoms. The standard InChI is InChI=1S/C13H15IN2O/c1-9-13(14)10(2)16(15-9)8-11-4-6-12(17-3)7-5-11/h4-7H,8H2,1-3H3. The van der Waals surface area contributed by atoms with Crippen LogP contribution in [0.3, 0.4) is 0 Å². The summed E-state index contributed by atoms with van der Waals surface area (Å²) < 4.78 is 8.43. The van der Waals surface area contributed by atoms with Crippen LogP contribution in [0.25, 0.3) is 0 Å². The zero-order chi connectivity index (χ0) is 12.4. The van der Waals surface area contributed by atoms with Crippen molar-refractivity contribution in [3.8, 4) is 5.75 Å². The van der Waals surface area contributed by atoms with E-state index < -0.39 is 0 Å². The number of methoxy groups -OCH3 is 1. The van der Waals surface area contributed by atoms with E-state index in [0.717, 1.165) is 18.0 Å². The van der Waals surface area contributed by atoms with Gasteiger partial charge in [-0.3, -0.25) is 4.68 Å². The highest BCUT2D eigenvalue weighted by molar-refractivity contribution is 14.1. The molecule has 0 aliphatic rings. The lowest BCUT2D eigenvalue weighted by atomic mass is 10.2. The Balaban J connectivity index is 2.22. The first-order valence-electron chi connectivity index (χ1n) is 5.44. The third-order valence-corrected chi connectivity index (χ3v) is 4.35. The van der Waals surface area contributed by atoms with Crippen molar-refractivity contribution >= 4 is 22.6 Å². The van der Waals surface area contributed by atoms with E-state index in [1.807, 2.05) is 23.7 Å². The molecule has 3 nitrogen and oxygen atoms in total. The lowest BCUT2D eigenvalue weighted by Gasteiger charge is -2.06. The Morgan fingerprint density at radius 2 is 1.88 bits per heavy atom. The van der Waals surface area contributed by atoms with Crippen LogP contribution in [0, 0.1) is 17.4 Å². The molecule has 0 spiro atoms. The maximum Gasteiger partial charge on any atom is 0.118 e. The normalized spacial score (nSPS) is 10.6. The average Bonchev–Trinajstić information content (AvgIpc) is 2.58. The quantitative estimate of drug-likeness (QED) is 0.802. The van der Waals surface area contributed by atoms with E-state index in [9.17, 15) is 0 Å². The lowest BCUT2D eigenvalue weighted by molar-refractivity contribution is 0.414. The third-order valence-electron chi connectivity index (χ3n) is 2.78. The molecule has 0 aliphatic carbocycles. The number of nitrogens with zero attached hydrogens (tertiary/aromatic N) is 2. The van der Waals surface area contributed by atoms with Crippen LogP contribution < -0.4 is 4.74 Å². The predicted octanol–water partition coefficient (Wildman–Crippen LogP) is 3.16. The van der Waals surface area contributed by atoms with E-state index in [2.05, 4.69) is 46.7 Å². The number of ether oxygens (including phenoxy) is 1. The molecule has 4 heteroatoms. The number of rotatable bonds is 3. The fraction of sp³-hybridized carbons (Fsp3) is 0.308. The van der Waals surface area contributed by atoms with Crippen LogP contribution in [0.2, 0.25) is 0 Å². The SMILES string of the molecule is COc1ccc(Cn2nc(C)c(I)c2C)cc1. The van der Waals surface area contributed by atoms with Gasteiger partial charge in [0.25, 0.3) is 0 Å². The molecule has 1 heterocycles. The van der Waals surface area contributed by atoms with Crippen molar-refractivity contribution in [3.63, 3.8) is 0 Å². The van der Waals surface area contributed by atoms with E-state index in [4.69, 9.17) is 4.74 Å². The molecule has 0 atom stereocenters. The molecular weight excluding hydrogens is 327 g/mol. The Kier molecular flexibility index (Phi) is 3.71. The molecule has 0 amide bonds. The van der Waals surface area contributed by atoms with Gasteiger partial charge in [0.2, 0.25) is 0 Å². The van der Waals surface area contributed by atoms with Gasteiger partial charge < -0.3 is 4.74 Å². The van der Waals surface area contributed by atoms with Crippen molar-refractivity contribution in [2.75, 3.05) is 7.11 Å². The second kappa shape index (κ2) is 5.08. The number of aryl methyl sites for hydroxylation is 1. The number of aromatic nitrogens is 2. The number of halogens is 1. The summed E-state index contributed by atoms with van der Waals surface area (Å²) in [5.74, 6) is 0.886. The molecule has 0 saturated heterocycles. The van der Waals surface area contributed by atoms with Gasteiger partial charge in [0.1, 0.15) is 5.75 Å². The van der Waals surface area contributed by atoms with Crippen LogP contribution in [0.15, 0.2) is 24.3 Å². The van der Waals surface area contributed by atoms with E-state index in [1.54, 1.807) is 7.11 Å². The first kappa shape index (κ1) is 12.4. The van der Waals surface area contributed by atoms with Gasteiger partial charge in [-0.05, 0) is 54.1 Å². The molecule has 2 rings (SSSR count). The van der Waals surface area contributed by atoms with Crippen LogP contribution in [0.5, 0.6) is 5.75 Å². The predicted molar refractivity (Wildman–Crippen MR) is 76.5 cm³/mol. The average molecular weight is 342 g/mol. The first-order valence-corrected chi connectivity index (χ1v) is 6.52. The van der Waals surface area contributed by atoms with Crippen molar-refractivity contribution < 1.29 is 4.74 Å². The molecule has 17 heavy (non-hydrogen) atoms. The summed E-state index contributed by atoms with van der Waals surface area (Å²) in [6.45, 7) is 4.95. The summed E-state index contributed by atoms with van der Waals surface area (Å²) in [4.78, 5) is 0. The summed E-state index contributed by atoms with van der Waals surface area (Å²) in [7, 11) is 1.68. The Labute approximate surface area is 115 Å². The minimum absolute atomic E-state index is 0.805. The maximum absolute atomic E-state index is 5.14. The molecule has 0 fully saturated rings. The summed E-state index contributed by atoms with van der Waals surface area (Å²) in [6.07, 6.45) is 0.